The van der Waals surface area contributed by atoms with Crippen molar-refractivity contribution in [3.8, 4) is 0 Å². The van der Waals surface area contributed by atoms with E-state index in [-0.39, 0.29) is 30.8 Å². The van der Waals surface area contributed by atoms with E-state index < -0.39 is 16.1 Å². The van der Waals surface area contributed by atoms with Crippen LogP contribution in [0.3, 0.4) is 0 Å². The molecule has 0 bridgehead atoms. The molecule has 1 aliphatic rings. The number of benzene rings is 2. The summed E-state index contributed by atoms with van der Waals surface area (Å²) < 4.78 is 26.4. The quantitative estimate of drug-likeness (QED) is 0.458. The molecule has 1 saturated carbocycles. The fraction of sp³-hybridized carbons (Fsp3) is 0.517. The molecule has 202 valence electrons. The highest BCUT2D eigenvalue weighted by Crippen LogP contribution is 2.23. The first-order valence-corrected chi connectivity index (χ1v) is 15.1. The molecular formula is C29H41N3O4S. The van der Waals surface area contributed by atoms with Crippen molar-refractivity contribution < 1.29 is 18.0 Å². The van der Waals surface area contributed by atoms with Crippen LogP contribution in [0.4, 0.5) is 5.69 Å². The molecule has 8 heteroatoms. The number of nitrogens with one attached hydrogen (secondary N) is 1. The predicted molar refractivity (Wildman–Crippen MR) is 149 cm³/mol. The Bertz CT molecular complexity index is 1160. The topological polar surface area (TPSA) is 86.8 Å². The van der Waals surface area contributed by atoms with Crippen molar-refractivity contribution in [2.45, 2.75) is 84.3 Å². The van der Waals surface area contributed by atoms with Crippen molar-refractivity contribution in [3.63, 3.8) is 0 Å². The van der Waals surface area contributed by atoms with Crippen LogP contribution in [0.2, 0.25) is 0 Å². The van der Waals surface area contributed by atoms with Gasteiger partial charge >= 0.3 is 0 Å². The molecule has 37 heavy (non-hydrogen) atoms. The van der Waals surface area contributed by atoms with Crippen LogP contribution in [0, 0.1) is 13.8 Å². The molecule has 1 unspecified atom stereocenters. The Kier molecular flexibility index (Phi) is 10.1. The van der Waals surface area contributed by atoms with Gasteiger partial charge in [0.25, 0.3) is 0 Å². The Labute approximate surface area is 222 Å². The summed E-state index contributed by atoms with van der Waals surface area (Å²) in [5, 5.41) is 3.15. The van der Waals surface area contributed by atoms with E-state index in [1.807, 2.05) is 56.3 Å². The summed E-state index contributed by atoms with van der Waals surface area (Å²) in [5.41, 5.74) is 3.55. The third kappa shape index (κ3) is 8.32. The molecule has 0 aliphatic heterocycles. The van der Waals surface area contributed by atoms with E-state index in [0.29, 0.717) is 18.7 Å². The van der Waals surface area contributed by atoms with E-state index in [1.165, 1.54) is 17.0 Å². The van der Waals surface area contributed by atoms with Gasteiger partial charge < -0.3 is 10.2 Å². The highest BCUT2D eigenvalue weighted by atomic mass is 32.2. The molecule has 1 atom stereocenters. The molecule has 0 radical (unpaired) electrons. The second kappa shape index (κ2) is 13.1. The minimum atomic E-state index is -3.51. The maximum atomic E-state index is 13.5. The Balaban J connectivity index is 1.71. The molecular weight excluding hydrogens is 486 g/mol. The molecule has 0 heterocycles. The molecule has 2 aromatic rings. The van der Waals surface area contributed by atoms with Gasteiger partial charge in [-0.1, -0.05) is 67.3 Å². The van der Waals surface area contributed by atoms with Gasteiger partial charge in [0.1, 0.15) is 6.04 Å². The van der Waals surface area contributed by atoms with Crippen LogP contribution in [0.15, 0.2) is 48.5 Å². The van der Waals surface area contributed by atoms with E-state index in [0.717, 1.165) is 42.4 Å². The summed E-state index contributed by atoms with van der Waals surface area (Å²) >= 11 is 0. The number of hydrogen-bond donors (Lipinski definition) is 1. The van der Waals surface area contributed by atoms with Crippen molar-refractivity contribution in [2.75, 3.05) is 17.1 Å². The number of carbonyl (C=O) groups is 2. The Hall–Kier alpha value is -2.87. The number of nitrogens with zero attached hydrogens (tertiary/aromatic N) is 2. The summed E-state index contributed by atoms with van der Waals surface area (Å²) in [6, 6.07) is 14.8. The summed E-state index contributed by atoms with van der Waals surface area (Å²) in [7, 11) is -3.51. The smallest absolute Gasteiger partial charge is 0.242 e. The highest BCUT2D eigenvalue weighted by molar-refractivity contribution is 7.92. The summed E-state index contributed by atoms with van der Waals surface area (Å²) in [6.45, 7) is 6.17. The lowest BCUT2D eigenvalue weighted by atomic mass is 9.95. The standard InChI is InChI=1S/C29H41N3O4S/c1-22-16-18-25(19-17-22)21-31(24(3)29(34)30-26-12-6-5-7-13-26)28(33)15-10-20-32(37(4,35)36)27-14-9-8-11-23(27)2/h8-9,11,14,16-19,24,26H,5-7,10,12-13,15,20-21H2,1-4H3,(H,30,34). The van der Waals surface area contributed by atoms with Gasteiger partial charge in [0.2, 0.25) is 21.8 Å². The molecule has 1 aliphatic carbocycles. The SMILES string of the molecule is Cc1ccc(CN(C(=O)CCCN(c2ccccc2C)S(C)(=O)=O)C(C)C(=O)NC2CCCCC2)cc1. The third-order valence-corrected chi connectivity index (χ3v) is 8.31. The molecule has 0 saturated heterocycles. The van der Waals surface area contributed by atoms with Gasteiger partial charge in [-0.3, -0.25) is 13.9 Å². The molecule has 0 aromatic heterocycles. The predicted octanol–water partition coefficient (Wildman–Crippen LogP) is 4.72. The van der Waals surface area contributed by atoms with Gasteiger partial charge in [-0.05, 0) is 57.2 Å². The summed E-state index contributed by atoms with van der Waals surface area (Å²) in [5.74, 6) is -0.296. The number of anilines is 1. The first kappa shape index (κ1) is 28.7. The molecule has 1 fully saturated rings. The van der Waals surface area contributed by atoms with Gasteiger partial charge in [-0.25, -0.2) is 8.42 Å². The van der Waals surface area contributed by atoms with Crippen molar-refractivity contribution in [1.29, 1.82) is 0 Å². The maximum Gasteiger partial charge on any atom is 0.242 e. The zero-order valence-electron chi connectivity index (χ0n) is 22.6. The average Bonchev–Trinajstić information content (AvgIpc) is 2.86. The monoisotopic (exact) mass is 527 g/mol. The number of para-hydroxylation sites is 1. The normalized spacial score (nSPS) is 15.1. The third-order valence-electron chi connectivity index (χ3n) is 7.13. The van der Waals surface area contributed by atoms with E-state index in [9.17, 15) is 18.0 Å². The Morgan fingerprint density at radius 2 is 1.65 bits per heavy atom. The lowest BCUT2D eigenvalue weighted by Gasteiger charge is -2.31. The van der Waals surface area contributed by atoms with Crippen LogP contribution in [0.25, 0.3) is 0 Å². The van der Waals surface area contributed by atoms with Gasteiger partial charge in [0.15, 0.2) is 0 Å². The minimum Gasteiger partial charge on any atom is -0.352 e. The fourth-order valence-corrected chi connectivity index (χ4v) is 5.89. The van der Waals surface area contributed by atoms with Crippen LogP contribution < -0.4 is 9.62 Å². The lowest BCUT2D eigenvalue weighted by molar-refractivity contribution is -0.141. The maximum absolute atomic E-state index is 13.5. The minimum absolute atomic E-state index is 0.134. The number of sulfonamides is 1. The van der Waals surface area contributed by atoms with Crippen LogP contribution in [0.5, 0.6) is 0 Å². The summed E-state index contributed by atoms with van der Waals surface area (Å²) in [4.78, 5) is 28.2. The van der Waals surface area contributed by atoms with E-state index in [1.54, 1.807) is 17.9 Å². The van der Waals surface area contributed by atoms with Crippen molar-refractivity contribution in [1.82, 2.24) is 10.2 Å². The molecule has 3 rings (SSSR count). The van der Waals surface area contributed by atoms with Crippen LogP contribution in [-0.4, -0.2) is 50.0 Å². The van der Waals surface area contributed by atoms with Gasteiger partial charge in [0.05, 0.1) is 11.9 Å². The molecule has 2 aromatic carbocycles. The number of hydrogen-bond acceptors (Lipinski definition) is 4. The highest BCUT2D eigenvalue weighted by Gasteiger charge is 2.28. The Morgan fingerprint density at radius 3 is 2.27 bits per heavy atom. The lowest BCUT2D eigenvalue weighted by Crippen LogP contribution is -2.50. The van der Waals surface area contributed by atoms with E-state index >= 15 is 0 Å². The average molecular weight is 528 g/mol. The molecule has 0 spiro atoms. The first-order chi connectivity index (χ1) is 17.6. The number of rotatable bonds is 11. The fourth-order valence-electron chi connectivity index (χ4n) is 4.87. The number of carbonyl (C=O) groups excluding carboxylic acids is 2. The van der Waals surface area contributed by atoms with Crippen molar-refractivity contribution in [3.05, 3.63) is 65.2 Å². The molecule has 7 nitrogen and oxygen atoms in total. The van der Waals surface area contributed by atoms with Crippen LogP contribution >= 0.6 is 0 Å². The number of aryl methyl sites for hydroxylation is 2. The van der Waals surface area contributed by atoms with Crippen molar-refractivity contribution in [2.24, 2.45) is 0 Å². The first-order valence-electron chi connectivity index (χ1n) is 13.2. The molecule has 1 N–H and O–H groups in total. The van der Waals surface area contributed by atoms with Crippen molar-refractivity contribution >= 4 is 27.5 Å². The van der Waals surface area contributed by atoms with Gasteiger partial charge in [0, 0.05) is 25.6 Å². The largest absolute Gasteiger partial charge is 0.352 e. The van der Waals surface area contributed by atoms with Gasteiger partial charge in [-0.15, -0.1) is 0 Å². The van der Waals surface area contributed by atoms with E-state index in [4.69, 9.17) is 0 Å². The summed E-state index contributed by atoms with van der Waals surface area (Å²) in [6.07, 6.45) is 7.06. The number of amides is 2. The zero-order valence-corrected chi connectivity index (χ0v) is 23.4. The Morgan fingerprint density at radius 1 is 1.00 bits per heavy atom. The second-order valence-electron chi connectivity index (χ2n) is 10.3. The second-order valence-corrected chi connectivity index (χ2v) is 12.2. The van der Waals surface area contributed by atoms with E-state index in [2.05, 4.69) is 5.32 Å². The van der Waals surface area contributed by atoms with Crippen LogP contribution in [-0.2, 0) is 26.2 Å². The van der Waals surface area contributed by atoms with Crippen LogP contribution in [0.1, 0.15) is 68.6 Å². The van der Waals surface area contributed by atoms with Gasteiger partial charge in [-0.2, -0.15) is 0 Å². The molecule has 2 amide bonds. The zero-order chi connectivity index (χ0) is 27.0.